The number of aryl methyl sites for hydroxylation is 1. The largest absolute Gasteiger partial charge is 0.493 e. The number of ether oxygens (including phenoxy) is 1. The predicted octanol–water partition coefficient (Wildman–Crippen LogP) is 4.32. The van der Waals surface area contributed by atoms with Gasteiger partial charge >= 0.3 is 6.03 Å². The summed E-state index contributed by atoms with van der Waals surface area (Å²) in [7, 11) is 0. The van der Waals surface area contributed by atoms with Crippen LogP contribution in [0.2, 0.25) is 0 Å². The topological polar surface area (TPSA) is 41.6 Å². The molecule has 0 bridgehead atoms. The number of carbonyl (C=O) groups excluding carboxylic acids is 1. The van der Waals surface area contributed by atoms with Gasteiger partial charge in [-0.2, -0.15) is 0 Å². The highest BCUT2D eigenvalue weighted by Gasteiger charge is 2.23. The molecule has 1 aliphatic heterocycles. The second-order valence-corrected chi connectivity index (χ2v) is 6.30. The van der Waals surface area contributed by atoms with Crippen molar-refractivity contribution in [3.05, 3.63) is 60.2 Å². The lowest BCUT2D eigenvalue weighted by Gasteiger charge is -2.32. The van der Waals surface area contributed by atoms with Crippen molar-refractivity contribution in [1.82, 2.24) is 4.90 Å². The smallest absolute Gasteiger partial charge is 0.321 e. The predicted molar refractivity (Wildman–Crippen MR) is 96.4 cm³/mol. The third-order valence-electron chi connectivity index (χ3n) is 4.49. The van der Waals surface area contributed by atoms with Gasteiger partial charge in [0.1, 0.15) is 5.75 Å². The maximum Gasteiger partial charge on any atom is 0.321 e. The van der Waals surface area contributed by atoms with Gasteiger partial charge in [-0.05, 0) is 49.4 Å². The van der Waals surface area contributed by atoms with Crippen molar-refractivity contribution in [2.45, 2.75) is 19.8 Å². The molecule has 0 radical (unpaired) electrons. The molecule has 3 rings (SSSR count). The van der Waals surface area contributed by atoms with Crippen molar-refractivity contribution >= 4 is 11.7 Å². The van der Waals surface area contributed by atoms with E-state index >= 15 is 0 Å². The summed E-state index contributed by atoms with van der Waals surface area (Å²) in [5.74, 6) is 1.46. The minimum Gasteiger partial charge on any atom is -0.493 e. The molecule has 4 nitrogen and oxygen atoms in total. The number of benzene rings is 2. The number of para-hydroxylation sites is 2. The second-order valence-electron chi connectivity index (χ2n) is 6.30. The molecule has 1 heterocycles. The molecule has 0 aromatic heterocycles. The van der Waals surface area contributed by atoms with E-state index in [9.17, 15) is 4.79 Å². The molecule has 1 saturated heterocycles. The molecule has 1 fully saturated rings. The van der Waals surface area contributed by atoms with Gasteiger partial charge in [-0.25, -0.2) is 4.79 Å². The van der Waals surface area contributed by atoms with Crippen LogP contribution in [0.25, 0.3) is 0 Å². The zero-order valence-corrected chi connectivity index (χ0v) is 14.1. The van der Waals surface area contributed by atoms with Crippen LogP contribution in [0.4, 0.5) is 10.5 Å². The van der Waals surface area contributed by atoms with Crippen LogP contribution in [0.1, 0.15) is 18.4 Å². The van der Waals surface area contributed by atoms with E-state index in [2.05, 4.69) is 18.3 Å². The molecule has 1 N–H and O–H groups in total. The first-order valence-electron chi connectivity index (χ1n) is 8.52. The van der Waals surface area contributed by atoms with Gasteiger partial charge in [0.15, 0.2) is 0 Å². The zero-order chi connectivity index (χ0) is 16.8. The summed E-state index contributed by atoms with van der Waals surface area (Å²) in [4.78, 5) is 14.2. The number of hydrogen-bond donors (Lipinski definition) is 1. The first kappa shape index (κ1) is 16.4. The Hall–Kier alpha value is -2.49. The number of piperidine rings is 1. The average Bonchev–Trinajstić information content (AvgIpc) is 2.62. The Labute approximate surface area is 143 Å². The van der Waals surface area contributed by atoms with E-state index in [0.29, 0.717) is 5.92 Å². The number of likely N-dealkylation sites (tertiary alicyclic amines) is 1. The van der Waals surface area contributed by atoms with Crippen LogP contribution in [-0.2, 0) is 0 Å². The molecule has 2 aromatic rings. The van der Waals surface area contributed by atoms with E-state index in [1.54, 1.807) is 0 Å². The molecule has 4 heteroatoms. The third-order valence-corrected chi connectivity index (χ3v) is 4.49. The Bertz CT molecular complexity index is 664. The van der Waals surface area contributed by atoms with Gasteiger partial charge in [0, 0.05) is 18.8 Å². The van der Waals surface area contributed by atoms with Gasteiger partial charge in [0.2, 0.25) is 0 Å². The summed E-state index contributed by atoms with van der Waals surface area (Å²) in [5.41, 5.74) is 2.00. The molecule has 0 atom stereocenters. The maximum atomic E-state index is 12.3. The standard InChI is InChI=1S/C20H24N2O2/c1-16-7-5-6-10-19(16)24-15-17-11-13-22(14-12-17)20(23)21-18-8-3-2-4-9-18/h2-10,17H,11-15H2,1H3,(H,21,23). The summed E-state index contributed by atoms with van der Waals surface area (Å²) >= 11 is 0. The third kappa shape index (κ3) is 4.28. The number of nitrogens with zero attached hydrogens (tertiary/aromatic N) is 1. The number of amides is 2. The second kappa shape index (κ2) is 7.86. The van der Waals surface area contributed by atoms with Crippen molar-refractivity contribution in [3.63, 3.8) is 0 Å². The Morgan fingerprint density at radius 1 is 1.08 bits per heavy atom. The molecular weight excluding hydrogens is 300 g/mol. The molecule has 0 saturated carbocycles. The van der Waals surface area contributed by atoms with E-state index in [4.69, 9.17) is 4.74 Å². The highest BCUT2D eigenvalue weighted by Crippen LogP contribution is 2.22. The molecule has 2 amide bonds. The van der Waals surface area contributed by atoms with Gasteiger partial charge in [0.05, 0.1) is 6.61 Å². The lowest BCUT2D eigenvalue weighted by molar-refractivity contribution is 0.152. The fourth-order valence-corrected chi connectivity index (χ4v) is 2.95. The number of rotatable bonds is 4. The van der Waals surface area contributed by atoms with Crippen LogP contribution in [-0.4, -0.2) is 30.6 Å². The van der Waals surface area contributed by atoms with Crippen LogP contribution in [0.5, 0.6) is 5.75 Å². The highest BCUT2D eigenvalue weighted by molar-refractivity contribution is 5.89. The summed E-state index contributed by atoms with van der Waals surface area (Å²) in [6, 6.07) is 17.7. The monoisotopic (exact) mass is 324 g/mol. The Balaban J connectivity index is 1.44. The van der Waals surface area contributed by atoms with Crippen LogP contribution in [0.3, 0.4) is 0 Å². The van der Waals surface area contributed by atoms with Crippen molar-refractivity contribution in [2.24, 2.45) is 5.92 Å². The number of anilines is 1. The SMILES string of the molecule is Cc1ccccc1OCC1CCN(C(=O)Nc2ccccc2)CC1. The van der Waals surface area contributed by atoms with E-state index in [0.717, 1.165) is 49.5 Å². The Morgan fingerprint density at radius 3 is 2.46 bits per heavy atom. The fourth-order valence-electron chi connectivity index (χ4n) is 2.95. The molecule has 24 heavy (non-hydrogen) atoms. The average molecular weight is 324 g/mol. The van der Waals surface area contributed by atoms with Gasteiger partial charge in [-0.3, -0.25) is 0 Å². The molecule has 0 spiro atoms. The number of carbonyl (C=O) groups is 1. The lowest BCUT2D eigenvalue weighted by Crippen LogP contribution is -2.42. The normalized spacial score (nSPS) is 15.1. The molecule has 0 aliphatic carbocycles. The van der Waals surface area contributed by atoms with E-state index in [1.165, 1.54) is 0 Å². The van der Waals surface area contributed by atoms with Crippen molar-refractivity contribution in [3.8, 4) is 5.75 Å². The molecular formula is C20H24N2O2. The fraction of sp³-hybridized carbons (Fsp3) is 0.350. The summed E-state index contributed by atoms with van der Waals surface area (Å²) in [5, 5.41) is 2.95. The lowest BCUT2D eigenvalue weighted by atomic mass is 9.98. The van der Waals surface area contributed by atoms with Crippen LogP contribution >= 0.6 is 0 Å². The summed E-state index contributed by atoms with van der Waals surface area (Å²) in [6.45, 7) is 4.34. The van der Waals surface area contributed by atoms with E-state index in [1.807, 2.05) is 53.4 Å². The van der Waals surface area contributed by atoms with Gasteiger partial charge in [0.25, 0.3) is 0 Å². The minimum atomic E-state index is -0.0144. The number of hydrogen-bond acceptors (Lipinski definition) is 2. The quantitative estimate of drug-likeness (QED) is 0.910. The van der Waals surface area contributed by atoms with E-state index < -0.39 is 0 Å². The van der Waals surface area contributed by atoms with Gasteiger partial charge in [-0.15, -0.1) is 0 Å². The van der Waals surface area contributed by atoms with Crippen molar-refractivity contribution in [1.29, 1.82) is 0 Å². The molecule has 1 aliphatic rings. The van der Waals surface area contributed by atoms with Crippen LogP contribution in [0.15, 0.2) is 54.6 Å². The summed E-state index contributed by atoms with van der Waals surface area (Å²) in [6.07, 6.45) is 1.96. The minimum absolute atomic E-state index is 0.0144. The van der Waals surface area contributed by atoms with Gasteiger partial charge < -0.3 is 15.0 Å². The van der Waals surface area contributed by atoms with E-state index in [-0.39, 0.29) is 6.03 Å². The number of nitrogens with one attached hydrogen (secondary N) is 1. The van der Waals surface area contributed by atoms with Crippen molar-refractivity contribution in [2.75, 3.05) is 25.0 Å². The highest BCUT2D eigenvalue weighted by atomic mass is 16.5. The van der Waals surface area contributed by atoms with Crippen LogP contribution < -0.4 is 10.1 Å². The maximum absolute atomic E-state index is 12.3. The molecule has 0 unspecified atom stereocenters. The Morgan fingerprint density at radius 2 is 1.75 bits per heavy atom. The summed E-state index contributed by atoms with van der Waals surface area (Å²) < 4.78 is 5.95. The first-order chi connectivity index (χ1) is 11.7. The van der Waals surface area contributed by atoms with Gasteiger partial charge in [-0.1, -0.05) is 36.4 Å². The molecule has 2 aromatic carbocycles. The zero-order valence-electron chi connectivity index (χ0n) is 14.1. The first-order valence-corrected chi connectivity index (χ1v) is 8.52. The van der Waals surface area contributed by atoms with Crippen LogP contribution in [0, 0.1) is 12.8 Å². The Kier molecular flexibility index (Phi) is 5.36. The van der Waals surface area contributed by atoms with Crippen molar-refractivity contribution < 1.29 is 9.53 Å². The molecule has 126 valence electrons. The number of urea groups is 1.